The van der Waals surface area contributed by atoms with Crippen molar-refractivity contribution in [3.8, 4) is 0 Å². The van der Waals surface area contributed by atoms with E-state index in [1.807, 2.05) is 0 Å². The number of nitrogens with zero attached hydrogens (tertiary/aromatic N) is 1. The molecule has 3 atom stereocenters. The van der Waals surface area contributed by atoms with Gasteiger partial charge in [-0.3, -0.25) is 0 Å². The van der Waals surface area contributed by atoms with E-state index in [1.165, 1.54) is 12.8 Å². The average Bonchev–Trinajstić information content (AvgIpc) is 2.18. The summed E-state index contributed by atoms with van der Waals surface area (Å²) in [5.74, 6) is 0.722. The molecule has 2 N–H and O–H groups in total. The zero-order chi connectivity index (χ0) is 11.3. The van der Waals surface area contributed by atoms with Gasteiger partial charge < -0.3 is 15.4 Å². The summed E-state index contributed by atoms with van der Waals surface area (Å²) in [6.07, 6.45) is 3.61. The second-order valence-electron chi connectivity index (χ2n) is 5.08. The van der Waals surface area contributed by atoms with Gasteiger partial charge in [-0.2, -0.15) is 0 Å². The minimum Gasteiger partial charge on any atom is -0.381 e. The zero-order valence-electron chi connectivity index (χ0n) is 10.4. The van der Waals surface area contributed by atoms with Crippen LogP contribution in [0.4, 0.5) is 0 Å². The molecule has 0 aromatic carbocycles. The van der Waals surface area contributed by atoms with Crippen LogP contribution in [-0.4, -0.2) is 43.8 Å². The summed E-state index contributed by atoms with van der Waals surface area (Å²) < 4.78 is 5.49. The highest BCUT2D eigenvalue weighted by molar-refractivity contribution is 4.73. The molecule has 0 amide bonds. The van der Waals surface area contributed by atoms with Crippen LogP contribution >= 0.6 is 0 Å². The van der Waals surface area contributed by atoms with Crippen LogP contribution in [-0.2, 0) is 4.74 Å². The van der Waals surface area contributed by atoms with Crippen molar-refractivity contribution in [2.75, 3.05) is 26.8 Å². The molecule has 0 aliphatic carbocycles. The van der Waals surface area contributed by atoms with Gasteiger partial charge in [0.05, 0.1) is 6.61 Å². The molecule has 3 heteroatoms. The first-order chi connectivity index (χ1) is 7.09. The second kappa shape index (κ2) is 6.46. The molecule has 3 unspecified atom stereocenters. The molecule has 1 aliphatic rings. The van der Waals surface area contributed by atoms with E-state index in [0.29, 0.717) is 12.1 Å². The Kier molecular flexibility index (Phi) is 5.58. The Balaban J connectivity index is 2.23. The van der Waals surface area contributed by atoms with Crippen LogP contribution < -0.4 is 5.73 Å². The van der Waals surface area contributed by atoms with Gasteiger partial charge in [-0.15, -0.1) is 0 Å². The molecule has 0 aromatic heterocycles. The predicted octanol–water partition coefficient (Wildman–Crippen LogP) is 1.47. The molecule has 15 heavy (non-hydrogen) atoms. The van der Waals surface area contributed by atoms with Crippen LogP contribution in [0, 0.1) is 5.92 Å². The van der Waals surface area contributed by atoms with Gasteiger partial charge in [-0.25, -0.2) is 0 Å². The lowest BCUT2D eigenvalue weighted by molar-refractivity contribution is 0.0364. The number of hydrogen-bond acceptors (Lipinski definition) is 3. The molecule has 3 nitrogen and oxygen atoms in total. The first kappa shape index (κ1) is 12.9. The smallest absolute Gasteiger partial charge is 0.0506 e. The normalized spacial score (nSPS) is 26.6. The highest BCUT2D eigenvalue weighted by atomic mass is 16.5. The van der Waals surface area contributed by atoms with E-state index in [9.17, 15) is 0 Å². The van der Waals surface area contributed by atoms with Gasteiger partial charge in [0.1, 0.15) is 0 Å². The third-order valence-electron chi connectivity index (χ3n) is 3.27. The largest absolute Gasteiger partial charge is 0.381 e. The summed E-state index contributed by atoms with van der Waals surface area (Å²) >= 11 is 0. The molecule has 0 radical (unpaired) electrons. The van der Waals surface area contributed by atoms with Crippen LogP contribution in [0.15, 0.2) is 0 Å². The van der Waals surface area contributed by atoms with Crippen molar-refractivity contribution < 1.29 is 4.74 Å². The van der Waals surface area contributed by atoms with Crippen molar-refractivity contribution in [3.05, 3.63) is 0 Å². The molecule has 0 spiro atoms. The van der Waals surface area contributed by atoms with Gasteiger partial charge in [-0.05, 0) is 46.1 Å². The summed E-state index contributed by atoms with van der Waals surface area (Å²) in [6.45, 7) is 7.37. The lowest BCUT2D eigenvalue weighted by atomic mass is 10.0. The van der Waals surface area contributed by atoms with Crippen LogP contribution in [0.3, 0.4) is 0 Å². The maximum atomic E-state index is 5.81. The van der Waals surface area contributed by atoms with Crippen molar-refractivity contribution in [3.63, 3.8) is 0 Å². The highest BCUT2D eigenvalue weighted by Gasteiger charge is 2.18. The quantitative estimate of drug-likeness (QED) is 0.753. The number of ether oxygens (including phenoxy) is 1. The van der Waals surface area contributed by atoms with Crippen molar-refractivity contribution in [1.82, 2.24) is 4.90 Å². The Morgan fingerprint density at radius 3 is 2.73 bits per heavy atom. The van der Waals surface area contributed by atoms with E-state index in [1.54, 1.807) is 0 Å². The highest BCUT2D eigenvalue weighted by Crippen LogP contribution is 2.16. The summed E-state index contributed by atoms with van der Waals surface area (Å²) in [6, 6.07) is 0.872. The zero-order valence-corrected chi connectivity index (χ0v) is 10.4. The molecular weight excluding hydrogens is 188 g/mol. The summed E-state index contributed by atoms with van der Waals surface area (Å²) in [5, 5.41) is 0. The molecule has 1 rings (SSSR count). The van der Waals surface area contributed by atoms with Gasteiger partial charge in [-0.1, -0.05) is 0 Å². The standard InChI is InChI=1S/C12H26N2O/c1-10(13)7-11(2)14(3)8-12-5-4-6-15-9-12/h10-12H,4-9,13H2,1-3H3. The van der Waals surface area contributed by atoms with Crippen LogP contribution in [0.2, 0.25) is 0 Å². The van der Waals surface area contributed by atoms with E-state index in [2.05, 4.69) is 25.8 Å². The molecule has 1 fully saturated rings. The molecule has 90 valence electrons. The van der Waals surface area contributed by atoms with Gasteiger partial charge in [0.2, 0.25) is 0 Å². The van der Waals surface area contributed by atoms with Crippen LogP contribution in [0.5, 0.6) is 0 Å². The Hall–Kier alpha value is -0.120. The van der Waals surface area contributed by atoms with E-state index in [4.69, 9.17) is 10.5 Å². The third kappa shape index (κ3) is 4.96. The fourth-order valence-corrected chi connectivity index (χ4v) is 2.26. The monoisotopic (exact) mass is 214 g/mol. The van der Waals surface area contributed by atoms with Crippen LogP contribution in [0.1, 0.15) is 33.1 Å². The molecule has 0 aromatic rings. The molecule has 1 heterocycles. The van der Waals surface area contributed by atoms with E-state index >= 15 is 0 Å². The fourth-order valence-electron chi connectivity index (χ4n) is 2.26. The van der Waals surface area contributed by atoms with E-state index in [0.717, 1.165) is 32.1 Å². The summed E-state index contributed by atoms with van der Waals surface area (Å²) in [4.78, 5) is 2.42. The molecule has 1 saturated heterocycles. The minimum absolute atomic E-state index is 0.296. The summed E-state index contributed by atoms with van der Waals surface area (Å²) in [7, 11) is 2.20. The van der Waals surface area contributed by atoms with Crippen molar-refractivity contribution >= 4 is 0 Å². The number of hydrogen-bond donors (Lipinski definition) is 1. The third-order valence-corrected chi connectivity index (χ3v) is 3.27. The molecule has 0 saturated carbocycles. The fraction of sp³-hybridized carbons (Fsp3) is 1.00. The minimum atomic E-state index is 0.296. The van der Waals surface area contributed by atoms with Crippen LogP contribution in [0.25, 0.3) is 0 Å². The summed E-state index contributed by atoms with van der Waals surface area (Å²) in [5.41, 5.74) is 5.81. The SMILES string of the molecule is CC(N)CC(C)N(C)CC1CCCOC1. The van der Waals surface area contributed by atoms with Gasteiger partial charge in [0.25, 0.3) is 0 Å². The van der Waals surface area contributed by atoms with Gasteiger partial charge >= 0.3 is 0 Å². The Bertz CT molecular complexity index is 167. The maximum Gasteiger partial charge on any atom is 0.0506 e. The van der Waals surface area contributed by atoms with E-state index < -0.39 is 0 Å². The predicted molar refractivity (Wildman–Crippen MR) is 63.9 cm³/mol. The molecular formula is C12H26N2O. The lowest BCUT2D eigenvalue weighted by Crippen LogP contribution is -2.39. The van der Waals surface area contributed by atoms with Gasteiger partial charge in [0.15, 0.2) is 0 Å². The molecule has 0 bridgehead atoms. The van der Waals surface area contributed by atoms with Gasteiger partial charge in [0, 0.05) is 25.2 Å². The van der Waals surface area contributed by atoms with Crippen molar-refractivity contribution in [1.29, 1.82) is 0 Å². The van der Waals surface area contributed by atoms with Crippen molar-refractivity contribution in [2.24, 2.45) is 11.7 Å². The first-order valence-corrected chi connectivity index (χ1v) is 6.13. The lowest BCUT2D eigenvalue weighted by Gasteiger charge is -2.31. The van der Waals surface area contributed by atoms with Crippen molar-refractivity contribution in [2.45, 2.75) is 45.2 Å². The average molecular weight is 214 g/mol. The first-order valence-electron chi connectivity index (χ1n) is 6.13. The Morgan fingerprint density at radius 1 is 1.47 bits per heavy atom. The number of rotatable bonds is 5. The molecule has 1 aliphatic heterocycles. The number of nitrogens with two attached hydrogens (primary N) is 1. The van der Waals surface area contributed by atoms with E-state index in [-0.39, 0.29) is 0 Å². The second-order valence-corrected chi connectivity index (χ2v) is 5.08. The maximum absolute atomic E-state index is 5.81. The Labute approximate surface area is 94.0 Å². The Morgan fingerprint density at radius 2 is 2.20 bits per heavy atom. The topological polar surface area (TPSA) is 38.5 Å².